The van der Waals surface area contributed by atoms with Gasteiger partial charge in [-0.1, -0.05) is 31.9 Å². The van der Waals surface area contributed by atoms with Crippen LogP contribution in [-0.4, -0.2) is 37.5 Å². The van der Waals surface area contributed by atoms with E-state index in [9.17, 15) is 4.79 Å². The molecule has 1 aromatic carbocycles. The normalized spacial score (nSPS) is 12.4. The van der Waals surface area contributed by atoms with E-state index in [1.54, 1.807) is 0 Å². The molecular weight excluding hydrogens is 248 g/mol. The fourth-order valence-electron chi connectivity index (χ4n) is 2.30. The molecule has 0 aliphatic rings. The average Bonchev–Trinajstić information content (AvgIpc) is 2.38. The number of nitrogens with zero attached hydrogens (tertiary/aromatic N) is 1. The van der Waals surface area contributed by atoms with Crippen molar-refractivity contribution in [2.45, 2.75) is 45.6 Å². The highest BCUT2D eigenvalue weighted by molar-refractivity contribution is 5.94. The summed E-state index contributed by atoms with van der Waals surface area (Å²) in [7, 11) is 4.02. The molecule has 0 saturated carbocycles. The highest BCUT2D eigenvalue weighted by atomic mass is 16.1. The van der Waals surface area contributed by atoms with E-state index in [1.165, 1.54) is 24.8 Å². The maximum atomic E-state index is 12.1. The molecule has 0 aliphatic heterocycles. The summed E-state index contributed by atoms with van der Waals surface area (Å²) >= 11 is 0. The van der Waals surface area contributed by atoms with Crippen molar-refractivity contribution in [2.24, 2.45) is 0 Å². The van der Waals surface area contributed by atoms with Gasteiger partial charge in [-0.2, -0.15) is 0 Å². The molecule has 0 spiro atoms. The van der Waals surface area contributed by atoms with Crippen LogP contribution in [0, 0.1) is 0 Å². The van der Waals surface area contributed by atoms with E-state index in [2.05, 4.69) is 29.3 Å². The van der Waals surface area contributed by atoms with Gasteiger partial charge in [0.05, 0.1) is 0 Å². The molecular formula is C17H28N2O. The number of amides is 1. The lowest BCUT2D eigenvalue weighted by Crippen LogP contribution is -2.39. The largest absolute Gasteiger partial charge is 0.348 e. The third-order valence-electron chi connectivity index (χ3n) is 3.30. The van der Waals surface area contributed by atoms with Crippen LogP contribution in [0.5, 0.6) is 0 Å². The second-order valence-electron chi connectivity index (χ2n) is 5.79. The summed E-state index contributed by atoms with van der Waals surface area (Å²) in [6.45, 7) is 5.08. The van der Waals surface area contributed by atoms with Gasteiger partial charge in [0, 0.05) is 18.2 Å². The molecule has 0 saturated heterocycles. The Morgan fingerprint density at radius 1 is 1.20 bits per heavy atom. The number of nitrogens with one attached hydrogen (secondary N) is 1. The Labute approximate surface area is 123 Å². The van der Waals surface area contributed by atoms with Gasteiger partial charge in [0.1, 0.15) is 0 Å². The summed E-state index contributed by atoms with van der Waals surface area (Å²) in [5, 5.41) is 3.02. The number of benzene rings is 1. The van der Waals surface area contributed by atoms with Gasteiger partial charge in [0.2, 0.25) is 0 Å². The van der Waals surface area contributed by atoms with E-state index in [1.807, 2.05) is 33.2 Å². The molecule has 1 rings (SSSR count). The lowest BCUT2D eigenvalue weighted by atomic mass is 10.0. The number of rotatable bonds is 8. The molecule has 1 amide bonds. The number of likely N-dealkylation sites (N-methyl/N-ethyl adjacent to an activating group) is 1. The molecule has 20 heavy (non-hydrogen) atoms. The Hall–Kier alpha value is -1.35. The quantitative estimate of drug-likeness (QED) is 0.740. The first-order valence-electron chi connectivity index (χ1n) is 7.57. The summed E-state index contributed by atoms with van der Waals surface area (Å²) in [4.78, 5) is 14.1. The van der Waals surface area contributed by atoms with Crippen molar-refractivity contribution in [2.75, 3.05) is 20.6 Å². The van der Waals surface area contributed by atoms with Crippen molar-refractivity contribution in [3.05, 3.63) is 35.4 Å². The van der Waals surface area contributed by atoms with E-state index in [0.29, 0.717) is 0 Å². The third-order valence-corrected chi connectivity index (χ3v) is 3.30. The van der Waals surface area contributed by atoms with E-state index in [4.69, 9.17) is 0 Å². The third kappa shape index (κ3) is 6.20. The lowest BCUT2D eigenvalue weighted by molar-refractivity contribution is 0.0934. The van der Waals surface area contributed by atoms with Gasteiger partial charge in [0.25, 0.3) is 5.91 Å². The molecule has 1 aromatic rings. The van der Waals surface area contributed by atoms with Crippen LogP contribution in [0.2, 0.25) is 0 Å². The summed E-state index contributed by atoms with van der Waals surface area (Å²) in [6.07, 6.45) is 4.84. The molecule has 1 N–H and O–H groups in total. The van der Waals surface area contributed by atoms with Crippen LogP contribution in [0.3, 0.4) is 0 Å². The second kappa shape index (κ2) is 8.75. The Morgan fingerprint density at radius 2 is 1.85 bits per heavy atom. The fraction of sp³-hybridized carbons (Fsp3) is 0.588. The minimum Gasteiger partial charge on any atom is -0.348 e. The van der Waals surface area contributed by atoms with Crippen LogP contribution < -0.4 is 5.32 Å². The monoisotopic (exact) mass is 276 g/mol. The van der Waals surface area contributed by atoms with Gasteiger partial charge in [-0.25, -0.2) is 0 Å². The van der Waals surface area contributed by atoms with Crippen LogP contribution >= 0.6 is 0 Å². The van der Waals surface area contributed by atoms with E-state index >= 15 is 0 Å². The van der Waals surface area contributed by atoms with Gasteiger partial charge >= 0.3 is 0 Å². The molecule has 1 atom stereocenters. The van der Waals surface area contributed by atoms with Crippen molar-refractivity contribution < 1.29 is 4.79 Å². The van der Waals surface area contributed by atoms with E-state index < -0.39 is 0 Å². The second-order valence-corrected chi connectivity index (χ2v) is 5.79. The summed E-state index contributed by atoms with van der Waals surface area (Å²) in [5.41, 5.74) is 2.06. The zero-order valence-corrected chi connectivity index (χ0v) is 13.3. The van der Waals surface area contributed by atoms with Crippen LogP contribution in [0.15, 0.2) is 24.3 Å². The topological polar surface area (TPSA) is 32.3 Å². The van der Waals surface area contributed by atoms with Crippen molar-refractivity contribution in [3.8, 4) is 0 Å². The summed E-state index contributed by atoms with van der Waals surface area (Å²) in [5.74, 6) is 0.0134. The average molecular weight is 276 g/mol. The fourth-order valence-corrected chi connectivity index (χ4v) is 2.30. The summed E-state index contributed by atoms with van der Waals surface area (Å²) in [6, 6.07) is 8.15. The van der Waals surface area contributed by atoms with Crippen molar-refractivity contribution in [3.63, 3.8) is 0 Å². The molecule has 3 nitrogen and oxygen atoms in total. The van der Waals surface area contributed by atoms with Crippen LogP contribution in [0.25, 0.3) is 0 Å². The predicted molar refractivity (Wildman–Crippen MR) is 85.2 cm³/mol. The molecule has 0 aliphatic carbocycles. The van der Waals surface area contributed by atoms with Gasteiger partial charge in [0.15, 0.2) is 0 Å². The van der Waals surface area contributed by atoms with Gasteiger partial charge in [-0.3, -0.25) is 4.79 Å². The Kier molecular flexibility index (Phi) is 7.31. The number of hydrogen-bond donors (Lipinski definition) is 1. The Bertz CT molecular complexity index is 398. The van der Waals surface area contributed by atoms with Crippen molar-refractivity contribution >= 4 is 5.91 Å². The zero-order chi connectivity index (χ0) is 15.0. The highest BCUT2D eigenvalue weighted by Crippen LogP contribution is 2.09. The SMILES string of the molecule is CCCCCc1ccc(C(=O)NC(C)CN(C)C)cc1. The van der Waals surface area contributed by atoms with Crippen molar-refractivity contribution in [1.82, 2.24) is 10.2 Å². The smallest absolute Gasteiger partial charge is 0.251 e. The molecule has 1 unspecified atom stereocenters. The number of carbonyl (C=O) groups excluding carboxylic acids is 1. The molecule has 3 heteroatoms. The van der Waals surface area contributed by atoms with E-state index in [0.717, 1.165) is 18.5 Å². The summed E-state index contributed by atoms with van der Waals surface area (Å²) < 4.78 is 0. The number of aryl methyl sites for hydroxylation is 1. The Balaban J connectivity index is 2.48. The van der Waals surface area contributed by atoms with Crippen LogP contribution in [0.1, 0.15) is 49.0 Å². The van der Waals surface area contributed by atoms with E-state index in [-0.39, 0.29) is 11.9 Å². The first-order chi connectivity index (χ1) is 9.52. The van der Waals surface area contributed by atoms with Crippen molar-refractivity contribution in [1.29, 1.82) is 0 Å². The molecule has 112 valence electrons. The number of unbranched alkanes of at least 4 members (excludes halogenated alkanes) is 2. The maximum Gasteiger partial charge on any atom is 0.251 e. The molecule has 0 bridgehead atoms. The minimum atomic E-state index is 0.0134. The molecule has 0 radical (unpaired) electrons. The first-order valence-corrected chi connectivity index (χ1v) is 7.57. The van der Waals surface area contributed by atoms with Gasteiger partial charge in [-0.05, 0) is 51.6 Å². The lowest BCUT2D eigenvalue weighted by Gasteiger charge is -2.18. The predicted octanol–water partition coefficient (Wildman–Crippen LogP) is 3.10. The number of carbonyl (C=O) groups is 1. The van der Waals surface area contributed by atoms with Crippen LogP contribution in [0.4, 0.5) is 0 Å². The first kappa shape index (κ1) is 16.7. The Morgan fingerprint density at radius 3 is 2.40 bits per heavy atom. The van der Waals surface area contributed by atoms with Gasteiger partial charge < -0.3 is 10.2 Å². The molecule has 0 heterocycles. The number of hydrogen-bond acceptors (Lipinski definition) is 2. The molecule has 0 fully saturated rings. The zero-order valence-electron chi connectivity index (χ0n) is 13.3. The standard InChI is InChI=1S/C17H28N2O/c1-5-6-7-8-15-9-11-16(12-10-15)17(20)18-14(2)13-19(3)4/h9-12,14H,5-8,13H2,1-4H3,(H,18,20). The maximum absolute atomic E-state index is 12.1. The van der Waals surface area contributed by atoms with Gasteiger partial charge in [-0.15, -0.1) is 0 Å². The van der Waals surface area contributed by atoms with Crippen LogP contribution in [-0.2, 0) is 6.42 Å². The minimum absolute atomic E-state index is 0.0134. The molecule has 0 aromatic heterocycles. The highest BCUT2D eigenvalue weighted by Gasteiger charge is 2.10.